The van der Waals surface area contributed by atoms with Gasteiger partial charge in [0.1, 0.15) is 0 Å². The molecule has 0 fully saturated rings. The molecule has 2 amide bonds. The van der Waals surface area contributed by atoms with Crippen molar-refractivity contribution in [2.75, 3.05) is 43.0 Å². The van der Waals surface area contributed by atoms with Crippen LogP contribution in [0.2, 0.25) is 0 Å². The number of carbonyl (C=O) groups excluding carboxylic acids is 2. The van der Waals surface area contributed by atoms with Gasteiger partial charge in [-0.3, -0.25) is 29.4 Å². The summed E-state index contributed by atoms with van der Waals surface area (Å²) in [4.78, 5) is 41.0. The molecule has 2 atom stereocenters. The fourth-order valence-electron chi connectivity index (χ4n) is 7.49. The van der Waals surface area contributed by atoms with Gasteiger partial charge in [-0.15, -0.1) is 0 Å². The first-order valence-electron chi connectivity index (χ1n) is 18.6. The molecular formula is C43H44N4O6S2. The summed E-state index contributed by atoms with van der Waals surface area (Å²) in [6.07, 6.45) is 6.70. The van der Waals surface area contributed by atoms with E-state index in [1.807, 2.05) is 52.2 Å². The molecule has 12 heteroatoms. The van der Waals surface area contributed by atoms with Gasteiger partial charge in [-0.2, -0.15) is 24.4 Å². The molecule has 0 unspecified atom stereocenters. The summed E-state index contributed by atoms with van der Waals surface area (Å²) in [6.45, 7) is 4.91. The lowest BCUT2D eigenvalue weighted by Crippen LogP contribution is -2.37. The van der Waals surface area contributed by atoms with Gasteiger partial charge in [0, 0.05) is 65.7 Å². The lowest BCUT2D eigenvalue weighted by molar-refractivity contribution is 0.0978. The van der Waals surface area contributed by atoms with E-state index in [-0.39, 0.29) is 28.6 Å². The van der Waals surface area contributed by atoms with Gasteiger partial charge >= 0.3 is 0 Å². The monoisotopic (exact) mass is 776 g/mol. The zero-order chi connectivity index (χ0) is 38.3. The quantitative estimate of drug-likeness (QED) is 0.107. The Morgan fingerprint density at radius 3 is 1.89 bits per heavy atom. The Kier molecular flexibility index (Phi) is 10.3. The fourth-order valence-corrected chi connectivity index (χ4v) is 8.97. The highest BCUT2D eigenvalue weighted by Crippen LogP contribution is 2.43. The zero-order valence-electron chi connectivity index (χ0n) is 31.4. The second-order valence-corrected chi connectivity index (χ2v) is 17.1. The molecule has 0 aromatic heterocycles. The number of fused-ring (bicyclic) bond motifs is 8. The minimum atomic E-state index is -0.169. The van der Waals surface area contributed by atoms with Crippen LogP contribution in [0.5, 0.6) is 23.0 Å². The summed E-state index contributed by atoms with van der Waals surface area (Å²) >= 11 is 6.53. The number of anilines is 2. The predicted octanol–water partition coefficient (Wildman–Crippen LogP) is 8.46. The number of hydrogen-bond donors (Lipinski definition) is 1. The van der Waals surface area contributed by atoms with E-state index in [4.69, 9.17) is 28.9 Å². The van der Waals surface area contributed by atoms with E-state index < -0.39 is 0 Å². The van der Waals surface area contributed by atoms with Crippen molar-refractivity contribution in [1.29, 1.82) is 0 Å². The topological polar surface area (TPSA) is 102 Å². The average Bonchev–Trinajstić information content (AvgIpc) is 3.66. The van der Waals surface area contributed by atoms with Crippen LogP contribution >= 0.6 is 24.4 Å². The lowest BCUT2D eigenvalue weighted by Gasteiger charge is -2.22. The number of aliphatic imine (C=N–C) groups is 2. The standard InChI is InChI=1S/C43H44N4O6S2/c1-43(2,54)12-15-55-25-26-10-11-28-18-30-24-45-34-22-40(38(51-4)20-32(34)42(49)47(30)36(28)16-26)53-14-7-13-52-39-21-33-31(19-37(39)50-3)41(48)46-29(23-44-33)17-27-8-5-6-9-35(27)46/h5-6,8-11,16,19-24,29-30,54H,7,12-15,17-18,25H2,1-4H3/t29-,30-/m0/s1. The number of methoxy groups -OCH3 is 2. The summed E-state index contributed by atoms with van der Waals surface area (Å²) < 4.78 is 23.7. The highest BCUT2D eigenvalue weighted by molar-refractivity contribution is 7.98. The third kappa shape index (κ3) is 7.41. The number of nitrogens with zero attached hydrogens (tertiary/aromatic N) is 4. The smallest absolute Gasteiger partial charge is 0.261 e. The molecule has 0 N–H and O–H groups in total. The van der Waals surface area contributed by atoms with E-state index in [1.165, 1.54) is 5.56 Å². The molecule has 10 nitrogen and oxygen atoms in total. The first kappa shape index (κ1) is 37.0. The summed E-state index contributed by atoms with van der Waals surface area (Å²) in [5.41, 5.74) is 7.34. The van der Waals surface area contributed by atoms with E-state index in [0.717, 1.165) is 46.8 Å². The maximum Gasteiger partial charge on any atom is 0.261 e. The molecule has 0 spiro atoms. The molecular weight excluding hydrogens is 733 g/mol. The highest BCUT2D eigenvalue weighted by Gasteiger charge is 2.38. The minimum Gasteiger partial charge on any atom is -0.493 e. The summed E-state index contributed by atoms with van der Waals surface area (Å²) in [5.74, 6) is 3.57. The number of thiol groups is 1. The molecule has 4 aliphatic heterocycles. The van der Waals surface area contributed by atoms with Gasteiger partial charge in [0.15, 0.2) is 23.0 Å². The Morgan fingerprint density at radius 1 is 0.745 bits per heavy atom. The van der Waals surface area contributed by atoms with Gasteiger partial charge in [0.25, 0.3) is 11.8 Å². The molecule has 0 aliphatic carbocycles. The highest BCUT2D eigenvalue weighted by atomic mass is 32.2. The Morgan fingerprint density at radius 2 is 1.31 bits per heavy atom. The van der Waals surface area contributed by atoms with Gasteiger partial charge in [-0.25, -0.2) is 0 Å². The van der Waals surface area contributed by atoms with Crippen molar-refractivity contribution in [2.45, 2.75) is 62.1 Å². The van der Waals surface area contributed by atoms with Crippen molar-refractivity contribution < 1.29 is 28.5 Å². The van der Waals surface area contributed by atoms with E-state index in [9.17, 15) is 9.59 Å². The van der Waals surface area contributed by atoms with Crippen LogP contribution in [-0.4, -0.2) is 74.3 Å². The van der Waals surface area contributed by atoms with E-state index in [2.05, 4.69) is 50.7 Å². The summed E-state index contributed by atoms with van der Waals surface area (Å²) in [7, 11) is 3.12. The van der Waals surface area contributed by atoms with Gasteiger partial charge in [0.05, 0.1) is 62.0 Å². The fraction of sp³-hybridized carbons (Fsp3) is 0.349. The van der Waals surface area contributed by atoms with Crippen molar-refractivity contribution in [1.82, 2.24) is 0 Å². The SMILES string of the molecule is COc1cc2c(cc1OCCCOc1cc3c(cc1OC)C(=O)N1c4cc(CSCCC(C)(C)S)ccc4C[C@H]1C=N3)N=C[C@@H]1Cc3ccccc3N1C2=O. The molecule has 4 aliphatic rings. The Hall–Kier alpha value is -4.94. The van der Waals surface area contributed by atoms with Gasteiger partial charge in [-0.1, -0.05) is 44.2 Å². The van der Waals surface area contributed by atoms with E-state index in [1.54, 1.807) is 38.5 Å². The van der Waals surface area contributed by atoms with Crippen LogP contribution < -0.4 is 28.7 Å². The minimum absolute atomic E-state index is 0.00857. The number of carbonyl (C=O) groups is 2. The van der Waals surface area contributed by atoms with Gasteiger partial charge in [-0.05, 0) is 53.1 Å². The van der Waals surface area contributed by atoms with Crippen molar-refractivity contribution >= 4 is 71.4 Å². The van der Waals surface area contributed by atoms with Crippen LogP contribution in [0.3, 0.4) is 0 Å². The Balaban J connectivity index is 0.913. The van der Waals surface area contributed by atoms with Gasteiger partial charge in [0.2, 0.25) is 0 Å². The third-order valence-corrected chi connectivity index (χ3v) is 11.6. The molecule has 0 bridgehead atoms. The largest absolute Gasteiger partial charge is 0.493 e. The molecule has 4 heterocycles. The van der Waals surface area contributed by atoms with Crippen LogP contribution in [-0.2, 0) is 18.6 Å². The molecule has 0 saturated carbocycles. The van der Waals surface area contributed by atoms with E-state index >= 15 is 0 Å². The first-order chi connectivity index (χ1) is 26.6. The van der Waals surface area contributed by atoms with Crippen LogP contribution in [0.4, 0.5) is 22.7 Å². The zero-order valence-corrected chi connectivity index (χ0v) is 33.1. The van der Waals surface area contributed by atoms with Gasteiger partial charge < -0.3 is 18.9 Å². The molecule has 284 valence electrons. The average molecular weight is 777 g/mol. The molecule has 0 saturated heterocycles. The molecule has 4 aromatic rings. The van der Waals surface area contributed by atoms with E-state index in [0.29, 0.717) is 71.6 Å². The Labute approximate surface area is 331 Å². The van der Waals surface area contributed by atoms with Crippen LogP contribution in [0.25, 0.3) is 0 Å². The normalized spacial score (nSPS) is 17.8. The lowest BCUT2D eigenvalue weighted by atomic mass is 10.1. The molecule has 4 aromatic carbocycles. The number of amides is 2. The molecule has 0 radical (unpaired) electrons. The first-order valence-corrected chi connectivity index (χ1v) is 20.2. The van der Waals surface area contributed by atoms with Crippen molar-refractivity contribution in [3.8, 4) is 23.0 Å². The number of rotatable bonds is 13. The second-order valence-electron chi connectivity index (χ2n) is 14.7. The van der Waals surface area contributed by atoms with Crippen LogP contribution in [0, 0.1) is 0 Å². The number of ether oxygens (including phenoxy) is 4. The van der Waals surface area contributed by atoms with Crippen molar-refractivity contribution in [3.05, 3.63) is 94.5 Å². The number of para-hydroxylation sites is 1. The number of thioether (sulfide) groups is 1. The van der Waals surface area contributed by atoms with Crippen LogP contribution in [0.1, 0.15) is 64.1 Å². The second kappa shape index (κ2) is 15.3. The predicted molar refractivity (Wildman–Crippen MR) is 223 cm³/mol. The maximum absolute atomic E-state index is 14.1. The molecule has 8 rings (SSSR count). The van der Waals surface area contributed by atoms with Crippen LogP contribution in [0.15, 0.2) is 76.7 Å². The summed E-state index contributed by atoms with van der Waals surface area (Å²) in [6, 6.07) is 21.1. The van der Waals surface area contributed by atoms with Crippen molar-refractivity contribution in [3.63, 3.8) is 0 Å². The van der Waals surface area contributed by atoms with Crippen molar-refractivity contribution in [2.24, 2.45) is 9.98 Å². The molecule has 55 heavy (non-hydrogen) atoms. The summed E-state index contributed by atoms with van der Waals surface area (Å²) in [5, 5.41) is 0. The maximum atomic E-state index is 14.1. The third-order valence-electron chi connectivity index (χ3n) is 10.3. The Bertz CT molecular complexity index is 2220. The number of benzene rings is 4. The number of hydrogen-bond acceptors (Lipinski definition) is 10.